The Kier molecular flexibility index (Phi) is 7.13. The van der Waals surface area contributed by atoms with Gasteiger partial charge in [0.15, 0.2) is 17.6 Å². The molecule has 154 valence electrons. The van der Waals surface area contributed by atoms with Crippen LogP contribution in [0.2, 0.25) is 0 Å². The van der Waals surface area contributed by atoms with Gasteiger partial charge in [0.05, 0.1) is 24.7 Å². The van der Waals surface area contributed by atoms with Crippen molar-refractivity contribution in [2.45, 2.75) is 26.5 Å². The highest BCUT2D eigenvalue weighted by molar-refractivity contribution is 5.93. The molecule has 9 heteroatoms. The van der Waals surface area contributed by atoms with Gasteiger partial charge in [-0.2, -0.15) is 0 Å². The Bertz CT molecular complexity index is 927. The van der Waals surface area contributed by atoms with Gasteiger partial charge in [-0.3, -0.25) is 14.9 Å². The van der Waals surface area contributed by atoms with Crippen LogP contribution in [0.25, 0.3) is 0 Å². The summed E-state index contributed by atoms with van der Waals surface area (Å²) < 4.78 is 15.5. The number of nitro groups is 1. The highest BCUT2D eigenvalue weighted by Gasteiger charge is 2.21. The largest absolute Gasteiger partial charge is 0.493 e. The lowest BCUT2D eigenvalue weighted by molar-refractivity contribution is -0.385. The minimum Gasteiger partial charge on any atom is -0.493 e. The lowest BCUT2D eigenvalue weighted by Crippen LogP contribution is -2.35. The Labute approximate surface area is 167 Å². The summed E-state index contributed by atoms with van der Waals surface area (Å²) in [5.41, 5.74) is 1.00. The van der Waals surface area contributed by atoms with Crippen molar-refractivity contribution in [2.75, 3.05) is 14.2 Å². The Morgan fingerprint density at radius 1 is 1.10 bits per heavy atom. The molecule has 0 aliphatic heterocycles. The molecule has 2 aromatic carbocycles. The van der Waals surface area contributed by atoms with Crippen molar-refractivity contribution in [3.63, 3.8) is 0 Å². The van der Waals surface area contributed by atoms with Crippen LogP contribution >= 0.6 is 0 Å². The average Bonchev–Trinajstić information content (AvgIpc) is 2.71. The molecule has 0 aliphatic carbocycles. The Hall–Kier alpha value is -3.62. The summed E-state index contributed by atoms with van der Waals surface area (Å²) in [7, 11) is 3.04. The predicted molar refractivity (Wildman–Crippen MR) is 104 cm³/mol. The smallest absolute Gasteiger partial charge is 0.339 e. The molecule has 2 aromatic rings. The molecule has 0 heterocycles. The van der Waals surface area contributed by atoms with Crippen molar-refractivity contribution in [3.8, 4) is 11.5 Å². The molecule has 1 atom stereocenters. The van der Waals surface area contributed by atoms with Gasteiger partial charge >= 0.3 is 5.97 Å². The summed E-state index contributed by atoms with van der Waals surface area (Å²) in [6, 6.07) is 9.21. The number of methoxy groups -OCH3 is 2. The van der Waals surface area contributed by atoms with Crippen LogP contribution in [0, 0.1) is 17.0 Å². The first-order chi connectivity index (χ1) is 13.8. The van der Waals surface area contributed by atoms with Crippen LogP contribution in [0.15, 0.2) is 36.4 Å². The molecule has 1 N–H and O–H groups in total. The monoisotopic (exact) mass is 402 g/mol. The van der Waals surface area contributed by atoms with Gasteiger partial charge in [0.2, 0.25) is 0 Å². The quantitative estimate of drug-likeness (QED) is 0.410. The summed E-state index contributed by atoms with van der Waals surface area (Å²) in [6.45, 7) is 3.18. The SMILES string of the molecule is COc1ccc(CNC(=O)C(C)OC(=O)c2ccc(C)c([N+](=O)[O-])c2)cc1OC. The van der Waals surface area contributed by atoms with Crippen molar-refractivity contribution in [1.29, 1.82) is 0 Å². The van der Waals surface area contributed by atoms with Crippen molar-refractivity contribution in [3.05, 3.63) is 63.2 Å². The molecule has 0 saturated carbocycles. The number of nitrogens with one attached hydrogen (secondary N) is 1. The topological polar surface area (TPSA) is 117 Å². The maximum absolute atomic E-state index is 12.2. The fourth-order valence-electron chi connectivity index (χ4n) is 2.54. The third kappa shape index (κ3) is 5.44. The van der Waals surface area contributed by atoms with Crippen LogP contribution in [0.3, 0.4) is 0 Å². The number of hydrogen-bond donors (Lipinski definition) is 1. The molecule has 29 heavy (non-hydrogen) atoms. The standard InChI is InChI=1S/C20H22N2O7/c1-12-5-7-15(10-16(12)22(25)26)20(24)29-13(2)19(23)21-11-14-6-8-17(27-3)18(9-14)28-4/h5-10,13H,11H2,1-4H3,(H,21,23). The van der Waals surface area contributed by atoms with Gasteiger partial charge in [-0.15, -0.1) is 0 Å². The molecule has 0 saturated heterocycles. The van der Waals surface area contributed by atoms with E-state index >= 15 is 0 Å². The molecule has 0 fully saturated rings. The van der Waals surface area contributed by atoms with E-state index in [4.69, 9.17) is 14.2 Å². The van der Waals surface area contributed by atoms with Crippen molar-refractivity contribution in [2.24, 2.45) is 0 Å². The Morgan fingerprint density at radius 2 is 1.79 bits per heavy atom. The molecule has 0 aromatic heterocycles. The first-order valence-corrected chi connectivity index (χ1v) is 8.71. The summed E-state index contributed by atoms with van der Waals surface area (Å²) in [5.74, 6) is -0.228. The van der Waals surface area contributed by atoms with Crippen molar-refractivity contribution >= 4 is 17.6 Å². The van der Waals surface area contributed by atoms with E-state index in [1.165, 1.54) is 33.3 Å². The molecular weight excluding hydrogens is 380 g/mol. The van der Waals surface area contributed by atoms with E-state index in [2.05, 4.69) is 5.32 Å². The highest BCUT2D eigenvalue weighted by atomic mass is 16.6. The molecule has 9 nitrogen and oxygen atoms in total. The predicted octanol–water partition coefficient (Wildman–Crippen LogP) is 2.78. The normalized spacial score (nSPS) is 11.3. The number of carbonyl (C=O) groups excluding carboxylic acids is 2. The van der Waals surface area contributed by atoms with E-state index in [9.17, 15) is 19.7 Å². The number of rotatable bonds is 8. The van der Waals surface area contributed by atoms with Crippen LogP contribution in [0.1, 0.15) is 28.4 Å². The average molecular weight is 402 g/mol. The maximum atomic E-state index is 12.2. The number of hydrogen-bond acceptors (Lipinski definition) is 7. The van der Waals surface area contributed by atoms with Crippen LogP contribution < -0.4 is 14.8 Å². The van der Waals surface area contributed by atoms with Crippen LogP contribution in [0.4, 0.5) is 5.69 Å². The zero-order valence-electron chi connectivity index (χ0n) is 16.6. The number of amides is 1. The molecular formula is C20H22N2O7. The van der Waals surface area contributed by atoms with Gasteiger partial charge in [-0.05, 0) is 37.6 Å². The number of esters is 1. The van der Waals surface area contributed by atoms with Gasteiger partial charge in [0, 0.05) is 18.2 Å². The van der Waals surface area contributed by atoms with E-state index in [0.29, 0.717) is 17.1 Å². The summed E-state index contributed by atoms with van der Waals surface area (Å²) in [6.07, 6.45) is -1.08. The van der Waals surface area contributed by atoms with E-state index in [0.717, 1.165) is 11.6 Å². The number of nitro benzene ring substituents is 1. The van der Waals surface area contributed by atoms with Gasteiger partial charge in [-0.1, -0.05) is 12.1 Å². The van der Waals surface area contributed by atoms with E-state index in [1.807, 2.05) is 0 Å². The van der Waals surface area contributed by atoms with E-state index in [1.54, 1.807) is 25.1 Å². The molecule has 0 radical (unpaired) electrons. The summed E-state index contributed by atoms with van der Waals surface area (Å²) in [4.78, 5) is 34.9. The van der Waals surface area contributed by atoms with Crippen molar-refractivity contribution < 1.29 is 28.7 Å². The molecule has 0 aliphatic rings. The second kappa shape index (κ2) is 9.54. The minimum atomic E-state index is -1.08. The van der Waals surface area contributed by atoms with Gasteiger partial charge in [-0.25, -0.2) is 4.79 Å². The second-order valence-corrected chi connectivity index (χ2v) is 6.21. The first kappa shape index (κ1) is 21.7. The van der Waals surface area contributed by atoms with Crippen LogP contribution in [-0.2, 0) is 16.1 Å². The lowest BCUT2D eigenvalue weighted by atomic mass is 10.1. The number of benzene rings is 2. The Balaban J connectivity index is 1.98. The zero-order valence-corrected chi connectivity index (χ0v) is 16.6. The fraction of sp³-hybridized carbons (Fsp3) is 0.300. The zero-order chi connectivity index (χ0) is 21.6. The molecule has 1 amide bonds. The third-order valence-electron chi connectivity index (χ3n) is 4.21. The number of ether oxygens (including phenoxy) is 3. The van der Waals surface area contributed by atoms with Gasteiger partial charge < -0.3 is 19.5 Å². The molecule has 0 bridgehead atoms. The number of aryl methyl sites for hydroxylation is 1. The van der Waals surface area contributed by atoms with Gasteiger partial charge in [0.1, 0.15) is 0 Å². The lowest BCUT2D eigenvalue weighted by Gasteiger charge is -2.14. The summed E-state index contributed by atoms with van der Waals surface area (Å²) >= 11 is 0. The third-order valence-corrected chi connectivity index (χ3v) is 4.21. The number of nitrogens with zero attached hydrogens (tertiary/aromatic N) is 1. The van der Waals surface area contributed by atoms with E-state index in [-0.39, 0.29) is 17.8 Å². The highest BCUT2D eigenvalue weighted by Crippen LogP contribution is 2.27. The van der Waals surface area contributed by atoms with E-state index < -0.39 is 22.9 Å². The van der Waals surface area contributed by atoms with Crippen LogP contribution in [-0.4, -0.2) is 37.1 Å². The minimum absolute atomic E-state index is 0.00170. The van der Waals surface area contributed by atoms with Crippen molar-refractivity contribution in [1.82, 2.24) is 5.32 Å². The van der Waals surface area contributed by atoms with Gasteiger partial charge in [0.25, 0.3) is 11.6 Å². The molecule has 1 unspecified atom stereocenters. The number of carbonyl (C=O) groups is 2. The fourth-order valence-corrected chi connectivity index (χ4v) is 2.54. The molecule has 2 rings (SSSR count). The molecule has 0 spiro atoms. The maximum Gasteiger partial charge on any atom is 0.339 e. The van der Waals surface area contributed by atoms with Crippen LogP contribution in [0.5, 0.6) is 11.5 Å². The first-order valence-electron chi connectivity index (χ1n) is 8.71. The second-order valence-electron chi connectivity index (χ2n) is 6.21. The summed E-state index contributed by atoms with van der Waals surface area (Å²) in [5, 5.41) is 13.7. The Morgan fingerprint density at radius 3 is 2.41 bits per heavy atom.